The van der Waals surface area contributed by atoms with Crippen LogP contribution in [-0.2, 0) is 11.3 Å². The van der Waals surface area contributed by atoms with E-state index in [1.54, 1.807) is 0 Å². The molecule has 0 aromatic heterocycles. The van der Waals surface area contributed by atoms with Gasteiger partial charge in [-0.2, -0.15) is 74.6 Å². The second-order valence-electron chi connectivity index (χ2n) is 10.7. The molecule has 0 radical (unpaired) electrons. The number of benzene rings is 2. The molecule has 1 unspecified atom stereocenters. The van der Waals surface area contributed by atoms with Crippen molar-refractivity contribution in [1.82, 2.24) is 0 Å². The van der Waals surface area contributed by atoms with Gasteiger partial charge in [0.2, 0.25) is 5.91 Å². The van der Waals surface area contributed by atoms with Crippen LogP contribution in [0, 0.1) is 0 Å². The molecule has 288 valence electrons. The van der Waals surface area contributed by atoms with E-state index in [1.807, 2.05) is 0 Å². The molecule has 0 bridgehead atoms. The van der Waals surface area contributed by atoms with Crippen molar-refractivity contribution in [1.29, 1.82) is 0 Å². The number of halogens is 17. The quantitative estimate of drug-likeness (QED) is 0.168. The summed E-state index contributed by atoms with van der Waals surface area (Å²) in [5.41, 5.74) is 0.380. The molecule has 0 saturated carbocycles. The van der Waals surface area contributed by atoms with Crippen LogP contribution in [0.15, 0.2) is 36.4 Å². The van der Waals surface area contributed by atoms with Gasteiger partial charge in [-0.3, -0.25) is 4.79 Å². The highest BCUT2D eigenvalue weighted by atomic mass is 32.2. The summed E-state index contributed by atoms with van der Waals surface area (Å²) >= 11 is 0.0343. The summed E-state index contributed by atoms with van der Waals surface area (Å²) in [5.74, 6) is -58.7. The van der Waals surface area contributed by atoms with Crippen molar-refractivity contribution in [2.24, 2.45) is 0 Å². The summed E-state index contributed by atoms with van der Waals surface area (Å²) in [6, 6.07) is 8.13. The maximum Gasteiger partial charge on any atom is 0.460 e. The smallest absolute Gasteiger partial charge is 0.460 e. The summed E-state index contributed by atoms with van der Waals surface area (Å²) in [7, 11) is 3.82. The van der Waals surface area contributed by atoms with Crippen LogP contribution in [0.3, 0.4) is 0 Å². The highest BCUT2D eigenvalue weighted by Crippen LogP contribution is 2.64. The maximum absolute atomic E-state index is 14.5. The van der Waals surface area contributed by atoms with Crippen LogP contribution in [0.4, 0.5) is 80.3 Å². The minimum Gasteiger partial charge on any atom is -0.497 e. The molecule has 1 amide bonds. The number of carbonyl (C=O) groups excluding carboxylic acids is 1. The first-order valence-electron chi connectivity index (χ1n) is 13.6. The first-order chi connectivity index (χ1) is 23.0. The summed E-state index contributed by atoms with van der Waals surface area (Å²) in [4.78, 5) is 14.5. The van der Waals surface area contributed by atoms with Crippen LogP contribution in [0.2, 0.25) is 0 Å². The van der Waals surface area contributed by atoms with E-state index in [0.29, 0.717) is 11.3 Å². The van der Waals surface area contributed by atoms with Crippen molar-refractivity contribution >= 4 is 23.4 Å². The fraction of sp³-hybridized carbons (Fsp3) is 0.536. The predicted octanol–water partition coefficient (Wildman–Crippen LogP) is 9.43. The van der Waals surface area contributed by atoms with Crippen molar-refractivity contribution in [3.8, 4) is 17.2 Å². The Morgan fingerprint density at radius 1 is 0.627 bits per heavy atom. The number of amides is 1. The largest absolute Gasteiger partial charge is 0.497 e. The van der Waals surface area contributed by atoms with Gasteiger partial charge in [-0.1, -0.05) is 6.07 Å². The van der Waals surface area contributed by atoms with Crippen molar-refractivity contribution < 1.29 is 93.6 Å². The van der Waals surface area contributed by atoms with Crippen molar-refractivity contribution in [2.75, 3.05) is 32.0 Å². The summed E-state index contributed by atoms with van der Waals surface area (Å²) in [6.45, 7) is -0.301. The fourth-order valence-corrected chi connectivity index (χ4v) is 5.89. The lowest BCUT2D eigenvalue weighted by atomic mass is 9.88. The van der Waals surface area contributed by atoms with E-state index < -0.39 is 71.0 Å². The molecule has 51 heavy (non-hydrogen) atoms. The van der Waals surface area contributed by atoms with E-state index in [1.165, 1.54) is 57.7 Å². The topological polar surface area (TPSA) is 48.0 Å². The molecule has 0 spiro atoms. The average molecular weight is 792 g/mol. The molecule has 1 aliphatic rings. The molecule has 1 atom stereocenters. The standard InChI is InChI=1S/C28H22F17NO4S/c1-48-14-6-7-16-17(10-14)46(12-13-4-5-15(49-2)11-18(13)50-3)20(47)19(16)51-9-8-21(29,30)22(31,32)23(33,34)24(35,36)25(37,38)26(39,40)27(41,42)28(43,44)45/h4-7,10-11,19H,8-9,12H2,1-3H3. The molecular formula is C28H22F17NO4S. The number of anilines is 1. The predicted molar refractivity (Wildman–Crippen MR) is 144 cm³/mol. The maximum atomic E-state index is 14.5. The SMILES string of the molecule is COc1ccc(CN2C(=O)C(SCCC(F)(F)C(F)(F)C(F)(F)C(F)(F)C(F)(F)C(F)(F)C(F)(F)C(F)(F)F)c3ccc(OC)cc32)c(OC)c1. The molecule has 5 nitrogen and oxygen atoms in total. The number of alkyl halides is 17. The molecule has 1 aliphatic heterocycles. The Balaban J connectivity index is 1.90. The lowest BCUT2D eigenvalue weighted by molar-refractivity contribution is -0.461. The van der Waals surface area contributed by atoms with Gasteiger partial charge in [0, 0.05) is 29.9 Å². The Bertz CT molecular complexity index is 1600. The van der Waals surface area contributed by atoms with Gasteiger partial charge in [0.1, 0.15) is 22.5 Å². The van der Waals surface area contributed by atoms with Gasteiger partial charge in [0.05, 0.1) is 33.6 Å². The van der Waals surface area contributed by atoms with Crippen LogP contribution >= 0.6 is 11.8 Å². The van der Waals surface area contributed by atoms with E-state index in [2.05, 4.69) is 0 Å². The van der Waals surface area contributed by atoms with Crippen LogP contribution in [-0.4, -0.2) is 80.6 Å². The van der Waals surface area contributed by atoms with Crippen LogP contribution in [0.1, 0.15) is 22.8 Å². The van der Waals surface area contributed by atoms with Gasteiger partial charge >= 0.3 is 47.6 Å². The summed E-state index contributed by atoms with van der Waals surface area (Å²) in [5, 5.41) is -1.60. The highest BCUT2D eigenvalue weighted by Gasteiger charge is 2.95. The van der Waals surface area contributed by atoms with Gasteiger partial charge in [0.25, 0.3) is 0 Å². The van der Waals surface area contributed by atoms with Gasteiger partial charge in [-0.25, -0.2) is 0 Å². The number of methoxy groups -OCH3 is 3. The third-order valence-electron chi connectivity index (χ3n) is 7.61. The number of nitrogens with zero attached hydrogens (tertiary/aromatic N) is 1. The lowest BCUT2D eigenvalue weighted by Crippen LogP contribution is -2.74. The molecule has 2 aromatic carbocycles. The van der Waals surface area contributed by atoms with Crippen LogP contribution < -0.4 is 19.1 Å². The average Bonchev–Trinajstić information content (AvgIpc) is 3.28. The molecule has 2 aromatic rings. The zero-order chi connectivity index (χ0) is 39.4. The van der Waals surface area contributed by atoms with Crippen molar-refractivity contribution in [3.05, 3.63) is 47.5 Å². The number of ether oxygens (including phenoxy) is 3. The van der Waals surface area contributed by atoms with Gasteiger partial charge in [-0.15, -0.1) is 11.8 Å². The van der Waals surface area contributed by atoms with E-state index in [-0.39, 0.29) is 41.1 Å². The lowest BCUT2D eigenvalue weighted by Gasteiger charge is -2.42. The van der Waals surface area contributed by atoms with Crippen molar-refractivity contribution in [2.45, 2.75) is 65.8 Å². The molecular weight excluding hydrogens is 769 g/mol. The summed E-state index contributed by atoms with van der Waals surface area (Å²) in [6.07, 6.45) is -10.5. The first kappa shape index (κ1) is 41.9. The van der Waals surface area contributed by atoms with E-state index in [0.717, 1.165) is 4.90 Å². The Morgan fingerprint density at radius 3 is 1.59 bits per heavy atom. The third kappa shape index (κ3) is 6.55. The number of thioether (sulfide) groups is 1. The molecule has 0 aliphatic carbocycles. The molecule has 1 heterocycles. The molecule has 3 rings (SSSR count). The van der Waals surface area contributed by atoms with Crippen LogP contribution in [0.5, 0.6) is 17.2 Å². The Hall–Kier alpha value is -3.53. The van der Waals surface area contributed by atoms with Gasteiger partial charge < -0.3 is 19.1 Å². The monoisotopic (exact) mass is 791 g/mol. The molecule has 0 fully saturated rings. The zero-order valence-electron chi connectivity index (χ0n) is 25.6. The molecule has 0 N–H and O–H groups in total. The summed E-state index contributed by atoms with van der Waals surface area (Å²) < 4.78 is 247. The molecule has 0 saturated heterocycles. The minimum absolute atomic E-state index is 0.00214. The zero-order valence-corrected chi connectivity index (χ0v) is 26.4. The first-order valence-corrected chi connectivity index (χ1v) is 14.6. The number of hydrogen-bond acceptors (Lipinski definition) is 5. The van der Waals surface area contributed by atoms with Gasteiger partial charge in [-0.05, 0) is 23.8 Å². The fourth-order valence-electron chi connectivity index (χ4n) is 4.63. The Morgan fingerprint density at radius 2 is 1.10 bits per heavy atom. The van der Waals surface area contributed by atoms with E-state index in [4.69, 9.17) is 14.2 Å². The second-order valence-corrected chi connectivity index (χ2v) is 11.9. The number of fused-ring (bicyclic) bond motifs is 1. The normalized spacial score (nSPS) is 16.7. The number of rotatable bonds is 15. The van der Waals surface area contributed by atoms with Gasteiger partial charge in [0.15, 0.2) is 0 Å². The van der Waals surface area contributed by atoms with Crippen molar-refractivity contribution in [3.63, 3.8) is 0 Å². The highest BCUT2D eigenvalue weighted by molar-refractivity contribution is 8.00. The Labute approximate surface area is 280 Å². The van der Waals surface area contributed by atoms with E-state index in [9.17, 15) is 79.4 Å². The minimum atomic E-state index is -8.70. The molecule has 23 heteroatoms. The Kier molecular flexibility index (Phi) is 11.1. The number of carbonyl (C=O) groups is 1. The van der Waals surface area contributed by atoms with E-state index >= 15 is 0 Å². The van der Waals surface area contributed by atoms with Crippen LogP contribution in [0.25, 0.3) is 0 Å². The third-order valence-corrected chi connectivity index (χ3v) is 8.84. The second kappa shape index (κ2) is 13.5. The number of hydrogen-bond donors (Lipinski definition) is 0.